The number of nitrogens with one attached hydrogen (secondary N) is 5. The molecule has 0 saturated heterocycles. The third-order valence-electron chi connectivity index (χ3n) is 9.71. The summed E-state index contributed by atoms with van der Waals surface area (Å²) in [5.41, 5.74) is 3.68. The molecule has 5 amide bonds. The summed E-state index contributed by atoms with van der Waals surface area (Å²) in [7, 11) is 0. The number of halogens is 1. The number of hydrogen-bond acceptors (Lipinski definition) is 8. The molecule has 4 aromatic carbocycles. The van der Waals surface area contributed by atoms with E-state index in [2.05, 4.69) is 26.6 Å². The third kappa shape index (κ3) is 11.9. The van der Waals surface area contributed by atoms with E-state index in [9.17, 15) is 43.4 Å². The fourth-order valence-electron chi connectivity index (χ4n) is 6.54. The van der Waals surface area contributed by atoms with Crippen LogP contribution in [0, 0.1) is 5.82 Å². The molecule has 59 heavy (non-hydrogen) atoms. The predicted octanol–water partition coefficient (Wildman–Crippen LogP) is 3.55. The number of thiophene rings is 1. The van der Waals surface area contributed by atoms with Gasteiger partial charge >= 0.3 is 5.97 Å². The van der Waals surface area contributed by atoms with Gasteiger partial charge in [0.05, 0.1) is 6.42 Å². The van der Waals surface area contributed by atoms with E-state index >= 15 is 0 Å². The van der Waals surface area contributed by atoms with Crippen LogP contribution in [0.2, 0.25) is 0 Å². The summed E-state index contributed by atoms with van der Waals surface area (Å²) in [6, 6.07) is 26.3. The van der Waals surface area contributed by atoms with Crippen LogP contribution in [-0.2, 0) is 54.5 Å². The van der Waals surface area contributed by atoms with Crippen LogP contribution < -0.4 is 26.6 Å². The summed E-state index contributed by atoms with van der Waals surface area (Å²) in [4.78, 5) is 81.9. The molecule has 0 saturated carbocycles. The van der Waals surface area contributed by atoms with Crippen molar-refractivity contribution in [2.24, 2.45) is 0 Å². The van der Waals surface area contributed by atoms with Gasteiger partial charge in [0.2, 0.25) is 23.6 Å². The summed E-state index contributed by atoms with van der Waals surface area (Å²) in [5.74, 6) is -5.99. The van der Waals surface area contributed by atoms with E-state index in [1.165, 1.54) is 59.9 Å². The molecule has 3 heterocycles. The number of aliphatic hydroxyl groups is 1. The summed E-state index contributed by atoms with van der Waals surface area (Å²) in [5, 5.41) is 35.7. The number of amides is 5. The second-order valence-corrected chi connectivity index (χ2v) is 15.2. The zero-order chi connectivity index (χ0) is 41.9. The number of aliphatic carboxylic acids is 1. The highest BCUT2D eigenvalue weighted by molar-refractivity contribution is 7.09. The minimum Gasteiger partial charge on any atom is -0.480 e. The number of aliphatic hydroxyl groups excluding tert-OH is 1. The van der Waals surface area contributed by atoms with Crippen LogP contribution in [0.3, 0.4) is 0 Å². The zero-order valence-electron chi connectivity index (χ0n) is 31.6. The van der Waals surface area contributed by atoms with Crippen molar-refractivity contribution < 1.29 is 43.4 Å². The Labute approximate surface area is 343 Å². The zero-order valence-corrected chi connectivity index (χ0v) is 32.4. The molecule has 304 valence electrons. The van der Waals surface area contributed by atoms with E-state index in [1.54, 1.807) is 29.6 Å². The largest absolute Gasteiger partial charge is 0.480 e. The molecular weight excluding hydrogens is 778 g/mol. The van der Waals surface area contributed by atoms with E-state index in [0.717, 1.165) is 16.0 Å². The molecule has 5 aromatic rings. The lowest BCUT2D eigenvalue weighted by molar-refractivity contribution is -0.142. The second kappa shape index (κ2) is 19.6. The Morgan fingerprint density at radius 1 is 0.610 bits per heavy atom. The Hall–Kier alpha value is -6.71. The minimum atomic E-state index is -1.80. The topological polar surface area (TPSA) is 203 Å². The lowest BCUT2D eigenvalue weighted by Gasteiger charge is -2.26. The number of fused-ring (bicyclic) bond motifs is 18. The molecular formula is C44H42FN5O8S. The number of carboxylic acids is 1. The molecule has 15 heteroatoms. The average Bonchev–Trinajstić information content (AvgIpc) is 3.74. The summed E-state index contributed by atoms with van der Waals surface area (Å²) in [6.07, 6.45) is -2.88. The molecule has 0 fully saturated rings. The van der Waals surface area contributed by atoms with Gasteiger partial charge in [-0.1, -0.05) is 84.9 Å². The Kier molecular flexibility index (Phi) is 13.9. The van der Waals surface area contributed by atoms with E-state index < -0.39 is 78.0 Å². The van der Waals surface area contributed by atoms with Gasteiger partial charge in [0.1, 0.15) is 36.1 Å². The average molecular weight is 820 g/mol. The number of carboxylic acid groups (broad SMARTS) is 1. The molecule has 1 aromatic heterocycles. The number of hydrogen-bond donors (Lipinski definition) is 7. The van der Waals surface area contributed by atoms with Crippen molar-refractivity contribution in [2.75, 3.05) is 5.32 Å². The first kappa shape index (κ1) is 41.9. The first-order valence-electron chi connectivity index (χ1n) is 18.8. The fourth-order valence-corrected chi connectivity index (χ4v) is 7.29. The molecule has 2 aliphatic heterocycles. The van der Waals surface area contributed by atoms with Crippen molar-refractivity contribution in [3.05, 3.63) is 148 Å². The van der Waals surface area contributed by atoms with Crippen molar-refractivity contribution in [1.29, 1.82) is 0 Å². The van der Waals surface area contributed by atoms with Crippen LogP contribution >= 0.6 is 11.3 Å². The van der Waals surface area contributed by atoms with Gasteiger partial charge in [-0.2, -0.15) is 0 Å². The Balaban J connectivity index is 1.36. The lowest BCUT2D eigenvalue weighted by atomic mass is 9.99. The van der Waals surface area contributed by atoms with Crippen LogP contribution in [0.15, 0.2) is 121 Å². The van der Waals surface area contributed by atoms with Gasteiger partial charge in [0, 0.05) is 36.2 Å². The maximum Gasteiger partial charge on any atom is 0.326 e. The smallest absolute Gasteiger partial charge is 0.326 e. The summed E-state index contributed by atoms with van der Waals surface area (Å²) >= 11 is 1.33. The van der Waals surface area contributed by atoms with E-state index in [-0.39, 0.29) is 31.4 Å². The molecule has 0 aliphatic carbocycles. The van der Waals surface area contributed by atoms with Crippen LogP contribution in [0.1, 0.15) is 28.0 Å². The van der Waals surface area contributed by atoms with Gasteiger partial charge in [0.15, 0.2) is 0 Å². The lowest BCUT2D eigenvalue weighted by Crippen LogP contribution is -2.59. The number of anilines is 1. The summed E-state index contributed by atoms with van der Waals surface area (Å²) < 4.78 is 13.9. The molecule has 7 rings (SSSR count). The van der Waals surface area contributed by atoms with Crippen LogP contribution in [0.5, 0.6) is 0 Å². The Morgan fingerprint density at radius 2 is 1.17 bits per heavy atom. The van der Waals surface area contributed by atoms with E-state index in [1.807, 2.05) is 42.5 Å². The SMILES string of the molecule is O=C1CC(O)C(=O)Nc2ccc(cc2)CC(C(=O)O)NC(=O)C(Cc2ccc(F)cc2)NC(=O)C(Cc2ccc(-c3ccccc3)cc2)NC(=O)C(Cc2cccs2)N1. The van der Waals surface area contributed by atoms with Crippen LogP contribution in [-0.4, -0.2) is 76.0 Å². The van der Waals surface area contributed by atoms with E-state index in [0.29, 0.717) is 16.7 Å². The van der Waals surface area contributed by atoms with E-state index in [4.69, 9.17) is 0 Å². The molecule has 2 aliphatic rings. The van der Waals surface area contributed by atoms with Crippen molar-refractivity contribution in [2.45, 2.75) is 62.4 Å². The van der Waals surface area contributed by atoms with Crippen molar-refractivity contribution in [1.82, 2.24) is 21.3 Å². The predicted molar refractivity (Wildman–Crippen MR) is 218 cm³/mol. The van der Waals surface area contributed by atoms with Gasteiger partial charge in [-0.3, -0.25) is 24.0 Å². The third-order valence-corrected chi connectivity index (χ3v) is 10.6. The van der Waals surface area contributed by atoms with Gasteiger partial charge in [0.25, 0.3) is 5.91 Å². The van der Waals surface area contributed by atoms with Gasteiger partial charge in [-0.25, -0.2) is 9.18 Å². The second-order valence-electron chi connectivity index (χ2n) is 14.1. The standard InChI is InChI=1S/C44H42FN5O8S/c45-31-16-10-27(11-17-31)22-35-41(54)50-37(44(57)58)23-28-12-18-32(19-13-28)46-43(56)38(51)25-39(52)47-36(24-33-7-4-20-59-33)42(55)49-34(40(53)48-35)21-26-8-14-30(15-9-26)29-5-2-1-3-6-29/h1-20,34-38,51H,21-25H2,(H,46,56)(H,47,52)(H,48,53)(H,49,55)(H,50,54)(H,57,58). The highest BCUT2D eigenvalue weighted by Gasteiger charge is 2.33. The van der Waals surface area contributed by atoms with Crippen LogP contribution in [0.4, 0.5) is 10.1 Å². The van der Waals surface area contributed by atoms with Gasteiger partial charge < -0.3 is 36.8 Å². The first-order chi connectivity index (χ1) is 28.4. The maximum atomic E-state index is 14.4. The molecule has 7 N–H and O–H groups in total. The fraction of sp³-hybridized carbons (Fsp3) is 0.227. The van der Waals surface area contributed by atoms with Crippen molar-refractivity contribution in [3.63, 3.8) is 0 Å². The minimum absolute atomic E-state index is 0.0101. The monoisotopic (exact) mass is 819 g/mol. The molecule has 0 spiro atoms. The molecule has 5 unspecified atom stereocenters. The molecule has 2 bridgehead atoms. The Morgan fingerprint density at radius 3 is 1.75 bits per heavy atom. The van der Waals surface area contributed by atoms with Crippen molar-refractivity contribution >= 4 is 52.5 Å². The van der Waals surface area contributed by atoms with Gasteiger partial charge in [-0.15, -0.1) is 11.3 Å². The molecule has 0 radical (unpaired) electrons. The van der Waals surface area contributed by atoms with Crippen molar-refractivity contribution in [3.8, 4) is 11.1 Å². The number of carbonyl (C=O) groups excluding carboxylic acids is 5. The highest BCUT2D eigenvalue weighted by atomic mass is 32.1. The normalized spacial score (nSPS) is 20.9. The Bertz CT molecular complexity index is 2260. The van der Waals surface area contributed by atoms with Gasteiger partial charge in [-0.05, 0) is 63.5 Å². The highest BCUT2D eigenvalue weighted by Crippen LogP contribution is 2.21. The quantitative estimate of drug-likeness (QED) is 0.115. The van der Waals surface area contributed by atoms with Crippen LogP contribution in [0.25, 0.3) is 11.1 Å². The first-order valence-corrected chi connectivity index (χ1v) is 19.7. The number of rotatable bonds is 8. The summed E-state index contributed by atoms with van der Waals surface area (Å²) in [6.45, 7) is 0. The maximum absolute atomic E-state index is 14.4. The molecule has 5 atom stereocenters. The molecule has 13 nitrogen and oxygen atoms in total. The number of benzene rings is 4. The number of carbonyl (C=O) groups is 6.